The highest BCUT2D eigenvalue weighted by molar-refractivity contribution is 5.39. The Morgan fingerprint density at radius 2 is 2.12 bits per heavy atom. The minimum atomic E-state index is 0.00782. The second-order valence-corrected chi connectivity index (χ2v) is 4.83. The van der Waals surface area contributed by atoms with Gasteiger partial charge in [0.25, 0.3) is 0 Å². The van der Waals surface area contributed by atoms with Gasteiger partial charge < -0.3 is 10.1 Å². The molecule has 0 unspecified atom stereocenters. The summed E-state index contributed by atoms with van der Waals surface area (Å²) in [4.78, 5) is 0. The van der Waals surface area contributed by atoms with Crippen molar-refractivity contribution in [2.75, 3.05) is 20.2 Å². The van der Waals surface area contributed by atoms with Gasteiger partial charge >= 0.3 is 0 Å². The molecule has 0 fully saturated rings. The third-order valence-corrected chi connectivity index (χ3v) is 2.95. The van der Waals surface area contributed by atoms with Crippen LogP contribution >= 0.6 is 0 Å². The van der Waals surface area contributed by atoms with Gasteiger partial charge in [0, 0.05) is 12.0 Å². The van der Waals surface area contributed by atoms with E-state index >= 15 is 0 Å². The molecule has 1 aromatic rings. The van der Waals surface area contributed by atoms with Crippen LogP contribution in [0.5, 0.6) is 5.75 Å². The fraction of sp³-hybridized carbons (Fsp3) is 0.500. The van der Waals surface area contributed by atoms with Crippen molar-refractivity contribution in [2.45, 2.75) is 26.2 Å². The minimum absolute atomic E-state index is 0.00782. The Morgan fingerprint density at radius 3 is 2.65 bits per heavy atom. The number of hydrogen-bond donors (Lipinski definition) is 1. The molecule has 0 bridgehead atoms. The molecule has 92 valence electrons. The number of benzene rings is 1. The molecule has 0 spiro atoms. The molecule has 0 radical (unpaired) electrons. The lowest BCUT2D eigenvalue weighted by Crippen LogP contribution is -2.33. The molecule has 0 aliphatic heterocycles. The first-order valence-electron chi connectivity index (χ1n) is 5.74. The van der Waals surface area contributed by atoms with E-state index in [2.05, 4.69) is 37.4 Å². The van der Waals surface area contributed by atoms with Gasteiger partial charge in [0.2, 0.25) is 0 Å². The maximum Gasteiger partial charge on any atom is 0.121 e. The van der Waals surface area contributed by atoms with Gasteiger partial charge in [-0.1, -0.05) is 26.0 Å². The summed E-state index contributed by atoms with van der Waals surface area (Å²) in [5, 5.41) is 11.6. The Balaban J connectivity index is 2.84. The Hall–Kier alpha value is -1.53. The third kappa shape index (κ3) is 3.47. The summed E-state index contributed by atoms with van der Waals surface area (Å²) in [6, 6.07) is 8.32. The quantitative estimate of drug-likeness (QED) is 0.626. The third-order valence-electron chi connectivity index (χ3n) is 2.95. The molecule has 0 aliphatic carbocycles. The number of ether oxygens (including phenoxy) is 1. The molecule has 0 saturated heterocycles. The Kier molecular flexibility index (Phi) is 4.53. The van der Waals surface area contributed by atoms with Gasteiger partial charge in [0.1, 0.15) is 5.75 Å². The van der Waals surface area contributed by atoms with E-state index in [1.165, 1.54) is 5.56 Å². The topological polar surface area (TPSA) is 45.0 Å². The maximum atomic E-state index is 8.52. The Bertz CT molecular complexity index is 419. The van der Waals surface area contributed by atoms with Crippen molar-refractivity contribution < 1.29 is 4.74 Å². The molecule has 0 atom stereocenters. The van der Waals surface area contributed by atoms with Crippen LogP contribution in [0.1, 0.15) is 25.0 Å². The smallest absolute Gasteiger partial charge is 0.121 e. The van der Waals surface area contributed by atoms with Crippen molar-refractivity contribution in [1.82, 2.24) is 5.32 Å². The fourth-order valence-electron chi connectivity index (χ4n) is 1.83. The SMILES string of the molecule is COc1ccc(C(C)(C)CNCC#N)cc1C. The van der Waals surface area contributed by atoms with Crippen LogP contribution in [0.4, 0.5) is 0 Å². The molecule has 1 N–H and O–H groups in total. The number of nitrogens with one attached hydrogen (secondary N) is 1. The van der Waals surface area contributed by atoms with E-state index in [4.69, 9.17) is 10.00 Å². The van der Waals surface area contributed by atoms with Crippen LogP contribution in [0.15, 0.2) is 18.2 Å². The summed E-state index contributed by atoms with van der Waals surface area (Å²) in [6.07, 6.45) is 0. The van der Waals surface area contributed by atoms with E-state index in [0.29, 0.717) is 6.54 Å². The summed E-state index contributed by atoms with van der Waals surface area (Å²) in [6.45, 7) is 7.54. The molecule has 0 saturated carbocycles. The summed E-state index contributed by atoms with van der Waals surface area (Å²) in [7, 11) is 1.68. The number of aryl methyl sites for hydroxylation is 1. The van der Waals surface area contributed by atoms with Gasteiger partial charge in [-0.2, -0.15) is 5.26 Å². The van der Waals surface area contributed by atoms with Crippen molar-refractivity contribution in [3.8, 4) is 11.8 Å². The van der Waals surface area contributed by atoms with Gasteiger partial charge in [0.05, 0.1) is 19.7 Å². The predicted octanol–water partition coefficient (Wildman–Crippen LogP) is 2.39. The van der Waals surface area contributed by atoms with E-state index in [9.17, 15) is 0 Å². The summed E-state index contributed by atoms with van der Waals surface area (Å²) >= 11 is 0. The molecule has 0 aliphatic rings. The Morgan fingerprint density at radius 1 is 1.41 bits per heavy atom. The summed E-state index contributed by atoms with van der Waals surface area (Å²) < 4.78 is 5.25. The average molecular weight is 232 g/mol. The zero-order valence-corrected chi connectivity index (χ0v) is 11.0. The standard InChI is InChI=1S/C14H20N2O/c1-11-9-12(5-6-13(11)17-4)14(2,3)10-16-8-7-15/h5-6,9,16H,8,10H2,1-4H3. The van der Waals surface area contributed by atoms with Crippen LogP contribution in [0, 0.1) is 18.3 Å². The van der Waals surface area contributed by atoms with Crippen molar-refractivity contribution >= 4 is 0 Å². The number of nitriles is 1. The maximum absolute atomic E-state index is 8.52. The van der Waals surface area contributed by atoms with Crippen molar-refractivity contribution in [1.29, 1.82) is 5.26 Å². The van der Waals surface area contributed by atoms with Gasteiger partial charge in [-0.15, -0.1) is 0 Å². The van der Waals surface area contributed by atoms with E-state index in [0.717, 1.165) is 17.9 Å². The highest BCUT2D eigenvalue weighted by atomic mass is 16.5. The first kappa shape index (κ1) is 13.5. The molecule has 0 amide bonds. The number of methoxy groups -OCH3 is 1. The Labute approximate surface area is 103 Å². The van der Waals surface area contributed by atoms with Gasteiger partial charge in [-0.3, -0.25) is 0 Å². The van der Waals surface area contributed by atoms with Crippen LogP contribution in [-0.4, -0.2) is 20.2 Å². The van der Waals surface area contributed by atoms with Gasteiger partial charge in [-0.25, -0.2) is 0 Å². The minimum Gasteiger partial charge on any atom is -0.496 e. The predicted molar refractivity (Wildman–Crippen MR) is 69.2 cm³/mol. The van der Waals surface area contributed by atoms with Crippen LogP contribution < -0.4 is 10.1 Å². The lowest BCUT2D eigenvalue weighted by Gasteiger charge is -2.26. The second-order valence-electron chi connectivity index (χ2n) is 4.83. The van der Waals surface area contributed by atoms with E-state index in [-0.39, 0.29) is 5.41 Å². The van der Waals surface area contributed by atoms with Crippen molar-refractivity contribution in [3.63, 3.8) is 0 Å². The number of nitrogens with zero attached hydrogens (tertiary/aromatic N) is 1. The normalized spacial score (nSPS) is 11.0. The number of hydrogen-bond acceptors (Lipinski definition) is 3. The van der Waals surface area contributed by atoms with E-state index in [1.807, 2.05) is 13.0 Å². The molecular formula is C14H20N2O. The highest BCUT2D eigenvalue weighted by Crippen LogP contribution is 2.27. The molecule has 3 heteroatoms. The van der Waals surface area contributed by atoms with Crippen LogP contribution in [0.2, 0.25) is 0 Å². The lowest BCUT2D eigenvalue weighted by atomic mass is 9.84. The first-order valence-corrected chi connectivity index (χ1v) is 5.74. The second kappa shape index (κ2) is 5.70. The average Bonchev–Trinajstić information content (AvgIpc) is 2.29. The highest BCUT2D eigenvalue weighted by Gasteiger charge is 2.20. The van der Waals surface area contributed by atoms with Crippen LogP contribution in [0.3, 0.4) is 0 Å². The van der Waals surface area contributed by atoms with Crippen LogP contribution in [0.25, 0.3) is 0 Å². The molecule has 17 heavy (non-hydrogen) atoms. The van der Waals surface area contributed by atoms with E-state index in [1.54, 1.807) is 7.11 Å². The molecule has 1 aromatic carbocycles. The van der Waals surface area contributed by atoms with Crippen molar-refractivity contribution in [3.05, 3.63) is 29.3 Å². The summed E-state index contributed by atoms with van der Waals surface area (Å²) in [5.74, 6) is 0.912. The van der Waals surface area contributed by atoms with E-state index < -0.39 is 0 Å². The zero-order chi connectivity index (χ0) is 12.9. The number of rotatable bonds is 5. The molecule has 3 nitrogen and oxygen atoms in total. The van der Waals surface area contributed by atoms with Gasteiger partial charge in [-0.05, 0) is 24.1 Å². The van der Waals surface area contributed by atoms with Crippen molar-refractivity contribution in [2.24, 2.45) is 0 Å². The monoisotopic (exact) mass is 232 g/mol. The fourth-order valence-corrected chi connectivity index (χ4v) is 1.83. The summed E-state index contributed by atoms with van der Waals surface area (Å²) in [5.41, 5.74) is 2.40. The molecule has 0 aromatic heterocycles. The molecular weight excluding hydrogens is 212 g/mol. The largest absolute Gasteiger partial charge is 0.496 e. The molecule has 0 heterocycles. The zero-order valence-electron chi connectivity index (χ0n) is 11.0. The molecule has 1 rings (SSSR count). The first-order chi connectivity index (χ1) is 8.01. The van der Waals surface area contributed by atoms with Gasteiger partial charge in [0.15, 0.2) is 0 Å². The lowest BCUT2D eigenvalue weighted by molar-refractivity contribution is 0.410. The van der Waals surface area contributed by atoms with Crippen LogP contribution in [-0.2, 0) is 5.41 Å².